The number of non-ortho nitro benzene ring substituents is 1. The van der Waals surface area contributed by atoms with Crippen molar-refractivity contribution in [2.45, 2.75) is 18.7 Å². The third-order valence-electron chi connectivity index (χ3n) is 1.92. The largest absolute Gasteiger partial charge is 0.293 e. The number of rotatable bonds is 3. The summed E-state index contributed by atoms with van der Waals surface area (Å²) in [6.07, 6.45) is 0. The van der Waals surface area contributed by atoms with Crippen LogP contribution >= 0.6 is 15.9 Å². The van der Waals surface area contributed by atoms with Gasteiger partial charge in [-0.25, -0.2) is 0 Å². The molecular formula is C10H10BrNO3. The Kier molecular flexibility index (Phi) is 3.57. The van der Waals surface area contributed by atoms with Crippen LogP contribution in [-0.2, 0) is 0 Å². The maximum Gasteiger partial charge on any atom is 0.270 e. The van der Waals surface area contributed by atoms with Crippen molar-refractivity contribution in [3.63, 3.8) is 0 Å². The lowest BCUT2D eigenvalue weighted by Crippen LogP contribution is -2.10. The molecule has 1 aromatic rings. The molecule has 0 fully saturated rings. The number of halogens is 1. The highest BCUT2D eigenvalue weighted by Gasteiger charge is 2.16. The lowest BCUT2D eigenvalue weighted by molar-refractivity contribution is -0.384. The van der Waals surface area contributed by atoms with Crippen LogP contribution in [0.2, 0.25) is 0 Å². The van der Waals surface area contributed by atoms with E-state index in [4.69, 9.17) is 0 Å². The molecule has 0 aliphatic heterocycles. The second kappa shape index (κ2) is 4.53. The van der Waals surface area contributed by atoms with Gasteiger partial charge in [0.15, 0.2) is 5.78 Å². The first-order chi connectivity index (χ1) is 6.91. The smallest absolute Gasteiger partial charge is 0.270 e. The number of alkyl halides is 1. The van der Waals surface area contributed by atoms with E-state index in [1.54, 1.807) is 19.9 Å². The number of nitro benzene ring substituents is 1. The van der Waals surface area contributed by atoms with Gasteiger partial charge in [0.2, 0.25) is 0 Å². The van der Waals surface area contributed by atoms with Crippen LogP contribution in [-0.4, -0.2) is 15.5 Å². The van der Waals surface area contributed by atoms with E-state index < -0.39 is 4.92 Å². The van der Waals surface area contributed by atoms with Crippen molar-refractivity contribution in [2.24, 2.45) is 0 Å². The molecule has 1 aromatic carbocycles. The second-order valence-corrected chi connectivity index (χ2v) is 4.67. The molecule has 0 bridgehead atoms. The molecule has 0 N–H and O–H groups in total. The molecule has 0 amide bonds. The predicted molar refractivity (Wildman–Crippen MR) is 60.6 cm³/mol. The molecule has 0 aliphatic carbocycles. The van der Waals surface area contributed by atoms with Gasteiger partial charge in [0, 0.05) is 17.7 Å². The Bertz CT molecular complexity index is 415. The molecular weight excluding hydrogens is 262 g/mol. The monoisotopic (exact) mass is 271 g/mol. The summed E-state index contributed by atoms with van der Waals surface area (Å²) in [6, 6.07) is 4.38. The molecule has 4 nitrogen and oxygen atoms in total. The number of nitrogens with zero attached hydrogens (tertiary/aromatic N) is 1. The van der Waals surface area contributed by atoms with E-state index in [2.05, 4.69) is 15.9 Å². The van der Waals surface area contributed by atoms with Crippen molar-refractivity contribution in [3.05, 3.63) is 39.4 Å². The van der Waals surface area contributed by atoms with E-state index in [9.17, 15) is 14.9 Å². The summed E-state index contributed by atoms with van der Waals surface area (Å²) in [4.78, 5) is 21.4. The van der Waals surface area contributed by atoms with Gasteiger partial charge in [-0.3, -0.25) is 14.9 Å². The number of nitro groups is 1. The minimum Gasteiger partial charge on any atom is -0.293 e. The number of carbonyl (C=O) groups is 1. The summed E-state index contributed by atoms with van der Waals surface area (Å²) >= 11 is 3.14. The van der Waals surface area contributed by atoms with Gasteiger partial charge in [-0.2, -0.15) is 0 Å². The highest BCUT2D eigenvalue weighted by atomic mass is 79.9. The number of Topliss-reactive ketones (excluding diaryl/α,β-unsaturated/α-hetero) is 1. The van der Waals surface area contributed by atoms with Crippen LogP contribution in [0.3, 0.4) is 0 Å². The summed E-state index contributed by atoms with van der Waals surface area (Å²) in [6.45, 7) is 3.42. The van der Waals surface area contributed by atoms with Crippen molar-refractivity contribution in [2.75, 3.05) is 0 Å². The average Bonchev–Trinajstić information content (AvgIpc) is 2.15. The molecule has 1 unspecified atom stereocenters. The molecule has 80 valence electrons. The number of hydrogen-bond acceptors (Lipinski definition) is 3. The van der Waals surface area contributed by atoms with Gasteiger partial charge >= 0.3 is 0 Å². The molecule has 1 rings (SSSR count). The lowest BCUT2D eigenvalue weighted by Gasteiger charge is -2.03. The quantitative estimate of drug-likeness (QED) is 0.368. The third-order valence-corrected chi connectivity index (χ3v) is 2.33. The van der Waals surface area contributed by atoms with Crippen LogP contribution in [0.4, 0.5) is 5.69 Å². The van der Waals surface area contributed by atoms with Crippen LogP contribution in [0.1, 0.15) is 22.8 Å². The van der Waals surface area contributed by atoms with Crippen molar-refractivity contribution in [1.29, 1.82) is 0 Å². The average molecular weight is 272 g/mol. The third kappa shape index (κ3) is 2.86. The zero-order chi connectivity index (χ0) is 11.6. The van der Waals surface area contributed by atoms with Gasteiger partial charge in [0.05, 0.1) is 9.75 Å². The molecule has 15 heavy (non-hydrogen) atoms. The highest BCUT2D eigenvalue weighted by Crippen LogP contribution is 2.19. The van der Waals surface area contributed by atoms with E-state index in [0.717, 1.165) is 0 Å². The fraction of sp³-hybridized carbons (Fsp3) is 0.300. The van der Waals surface area contributed by atoms with Crippen LogP contribution in [0, 0.1) is 17.0 Å². The van der Waals surface area contributed by atoms with Gasteiger partial charge in [-0.15, -0.1) is 0 Å². The van der Waals surface area contributed by atoms with E-state index in [1.807, 2.05) is 0 Å². The molecule has 0 saturated carbocycles. The SMILES string of the molecule is Cc1cc(C(=O)C(C)Br)cc([N+](=O)[O-])c1. The number of benzene rings is 1. The highest BCUT2D eigenvalue weighted by molar-refractivity contribution is 9.10. The Morgan fingerprint density at radius 1 is 1.47 bits per heavy atom. The minimum atomic E-state index is -0.497. The van der Waals surface area contributed by atoms with Gasteiger partial charge in [0.25, 0.3) is 5.69 Å². The zero-order valence-corrected chi connectivity index (χ0v) is 9.95. The summed E-state index contributed by atoms with van der Waals surface area (Å²) < 4.78 is 0. The van der Waals surface area contributed by atoms with Crippen LogP contribution in [0.5, 0.6) is 0 Å². The summed E-state index contributed by atoms with van der Waals surface area (Å²) in [5, 5.41) is 10.6. The van der Waals surface area contributed by atoms with Crippen LogP contribution in [0.15, 0.2) is 18.2 Å². The summed E-state index contributed by atoms with van der Waals surface area (Å²) in [5.41, 5.74) is 1.03. The molecule has 0 aromatic heterocycles. The standard InChI is InChI=1S/C10H10BrNO3/c1-6-3-8(10(13)7(2)11)5-9(4-6)12(14)15/h3-5,7H,1-2H3. The fourth-order valence-corrected chi connectivity index (χ4v) is 1.50. The van der Waals surface area contributed by atoms with Crippen molar-refractivity contribution in [1.82, 2.24) is 0 Å². The number of aryl methyl sites for hydroxylation is 1. The Morgan fingerprint density at radius 3 is 2.53 bits per heavy atom. The normalized spacial score (nSPS) is 12.2. The topological polar surface area (TPSA) is 60.2 Å². The van der Waals surface area contributed by atoms with Crippen LogP contribution in [0.25, 0.3) is 0 Å². The second-order valence-electron chi connectivity index (χ2n) is 3.29. The molecule has 0 saturated heterocycles. The number of carbonyl (C=O) groups excluding carboxylic acids is 1. The van der Waals surface area contributed by atoms with Gasteiger partial charge in [-0.1, -0.05) is 15.9 Å². The maximum absolute atomic E-state index is 11.6. The van der Waals surface area contributed by atoms with Gasteiger partial charge in [-0.05, 0) is 25.5 Å². The first kappa shape index (κ1) is 11.8. The van der Waals surface area contributed by atoms with E-state index in [0.29, 0.717) is 11.1 Å². The molecule has 5 heteroatoms. The molecule has 0 heterocycles. The first-order valence-electron chi connectivity index (χ1n) is 4.36. The van der Waals surface area contributed by atoms with E-state index in [-0.39, 0.29) is 16.3 Å². The first-order valence-corrected chi connectivity index (χ1v) is 5.27. The number of hydrogen-bond donors (Lipinski definition) is 0. The molecule has 0 spiro atoms. The predicted octanol–water partition coefficient (Wildman–Crippen LogP) is 2.87. The maximum atomic E-state index is 11.6. The summed E-state index contributed by atoms with van der Waals surface area (Å²) in [7, 11) is 0. The van der Waals surface area contributed by atoms with E-state index in [1.165, 1.54) is 12.1 Å². The van der Waals surface area contributed by atoms with Crippen molar-refractivity contribution < 1.29 is 9.72 Å². The lowest BCUT2D eigenvalue weighted by atomic mass is 10.1. The fourth-order valence-electron chi connectivity index (χ4n) is 1.24. The number of ketones is 1. The molecule has 0 radical (unpaired) electrons. The van der Waals surface area contributed by atoms with Crippen LogP contribution < -0.4 is 0 Å². The van der Waals surface area contributed by atoms with Gasteiger partial charge < -0.3 is 0 Å². The molecule has 1 atom stereocenters. The Labute approximate surface area is 95.6 Å². The van der Waals surface area contributed by atoms with Crippen molar-refractivity contribution in [3.8, 4) is 0 Å². The van der Waals surface area contributed by atoms with E-state index >= 15 is 0 Å². The Morgan fingerprint density at radius 2 is 2.07 bits per heavy atom. The van der Waals surface area contributed by atoms with Gasteiger partial charge in [0.1, 0.15) is 0 Å². The molecule has 0 aliphatic rings. The van der Waals surface area contributed by atoms with Crippen molar-refractivity contribution >= 4 is 27.4 Å². The Hall–Kier alpha value is -1.23. The minimum absolute atomic E-state index is 0.0495. The zero-order valence-electron chi connectivity index (χ0n) is 8.36. The summed E-state index contributed by atoms with van der Waals surface area (Å²) in [5.74, 6) is -0.151. The Balaban J connectivity index is 3.20.